The van der Waals surface area contributed by atoms with Crippen molar-refractivity contribution in [2.45, 2.75) is 39.3 Å². The fourth-order valence-corrected chi connectivity index (χ4v) is 2.46. The molecule has 2 aliphatic rings. The molecule has 0 atom stereocenters. The Morgan fingerprint density at radius 2 is 1.91 bits per heavy atom. The zero-order chi connectivity index (χ0) is 17.1. The molecule has 0 N–H and O–H groups in total. The molecule has 0 unspecified atom stereocenters. The average molecular weight is 325 g/mol. The second-order valence-corrected chi connectivity index (χ2v) is 5.61. The summed E-state index contributed by atoms with van der Waals surface area (Å²) in [6, 6.07) is 5.43. The van der Waals surface area contributed by atoms with Gasteiger partial charge in [0.2, 0.25) is 0 Å². The minimum atomic E-state index is -4.25. The number of rotatable bonds is 0. The van der Waals surface area contributed by atoms with Crippen LogP contribution in [0.5, 0.6) is 5.75 Å². The van der Waals surface area contributed by atoms with Gasteiger partial charge in [0.05, 0.1) is 17.9 Å². The lowest BCUT2D eigenvalue weighted by molar-refractivity contribution is -0.168. The number of nitrogens with zero attached hydrogens (tertiary/aromatic N) is 1. The van der Waals surface area contributed by atoms with Gasteiger partial charge in [-0.1, -0.05) is 31.8 Å². The van der Waals surface area contributed by atoms with Gasteiger partial charge in [-0.15, -0.1) is 0 Å². The first-order valence-electron chi connectivity index (χ1n) is 8.00. The van der Waals surface area contributed by atoms with Crippen LogP contribution in [0.2, 0.25) is 0 Å². The number of alkyl halides is 3. The zero-order valence-corrected chi connectivity index (χ0v) is 13.8. The number of ether oxygens (including phenoxy) is 1. The van der Waals surface area contributed by atoms with Crippen molar-refractivity contribution in [3.8, 4) is 17.6 Å². The average Bonchev–Trinajstić information content (AvgIpc) is 3.33. The van der Waals surface area contributed by atoms with Crippen LogP contribution in [0.4, 0.5) is 18.9 Å². The molecule has 1 aromatic carbocycles. The SMILES string of the molecule is CC.CN1CCCOc2c(C#CC3(C(F)(F)F)CC3)cccc21. The van der Waals surface area contributed by atoms with Crippen LogP contribution in [0.3, 0.4) is 0 Å². The summed E-state index contributed by atoms with van der Waals surface area (Å²) in [4.78, 5) is 2.05. The minimum Gasteiger partial charge on any atom is -0.490 e. The molecule has 5 heteroatoms. The van der Waals surface area contributed by atoms with E-state index in [0.717, 1.165) is 18.7 Å². The molecule has 1 heterocycles. The summed E-state index contributed by atoms with van der Waals surface area (Å²) in [7, 11) is 1.95. The Morgan fingerprint density at radius 3 is 2.52 bits per heavy atom. The maximum absolute atomic E-state index is 12.9. The van der Waals surface area contributed by atoms with Crippen LogP contribution in [0.1, 0.15) is 38.7 Å². The molecule has 2 nitrogen and oxygen atoms in total. The number of anilines is 1. The molecule has 0 spiro atoms. The number of halogens is 3. The van der Waals surface area contributed by atoms with E-state index in [-0.39, 0.29) is 12.8 Å². The van der Waals surface area contributed by atoms with Crippen molar-refractivity contribution >= 4 is 5.69 Å². The summed E-state index contributed by atoms with van der Waals surface area (Å²) >= 11 is 0. The fourth-order valence-electron chi connectivity index (χ4n) is 2.46. The lowest BCUT2D eigenvalue weighted by Gasteiger charge is -2.18. The molecule has 0 amide bonds. The fraction of sp³-hybridized carbons (Fsp3) is 0.556. The molecule has 23 heavy (non-hydrogen) atoms. The van der Waals surface area contributed by atoms with E-state index in [1.165, 1.54) is 0 Å². The number of benzene rings is 1. The summed E-state index contributed by atoms with van der Waals surface area (Å²) in [6.07, 6.45) is -3.17. The normalized spacial score (nSPS) is 18.3. The Kier molecular flexibility index (Phi) is 5.13. The molecule has 126 valence electrons. The first kappa shape index (κ1) is 17.5. The lowest BCUT2D eigenvalue weighted by atomic mass is 10.1. The molecule has 0 saturated heterocycles. The molecule has 0 radical (unpaired) electrons. The topological polar surface area (TPSA) is 12.5 Å². The third kappa shape index (κ3) is 3.57. The molecule has 1 aliphatic heterocycles. The van der Waals surface area contributed by atoms with Gasteiger partial charge in [-0.25, -0.2) is 0 Å². The van der Waals surface area contributed by atoms with Crippen molar-refractivity contribution < 1.29 is 17.9 Å². The highest BCUT2D eigenvalue weighted by molar-refractivity contribution is 5.66. The van der Waals surface area contributed by atoms with E-state index < -0.39 is 11.6 Å². The van der Waals surface area contributed by atoms with Crippen LogP contribution in [-0.2, 0) is 0 Å². The summed E-state index contributed by atoms with van der Waals surface area (Å²) in [5.74, 6) is 5.75. The highest BCUT2D eigenvalue weighted by Crippen LogP contribution is 2.57. The van der Waals surface area contributed by atoms with Gasteiger partial charge in [-0.2, -0.15) is 13.2 Å². The van der Waals surface area contributed by atoms with E-state index in [0.29, 0.717) is 17.9 Å². The molecule has 0 bridgehead atoms. The monoisotopic (exact) mass is 325 g/mol. The summed E-state index contributed by atoms with van der Waals surface area (Å²) in [5.41, 5.74) is -0.375. The number of fused-ring (bicyclic) bond motifs is 1. The van der Waals surface area contributed by atoms with Crippen LogP contribution in [0.25, 0.3) is 0 Å². The van der Waals surface area contributed by atoms with Crippen LogP contribution in [0.15, 0.2) is 18.2 Å². The first-order chi connectivity index (χ1) is 10.9. The van der Waals surface area contributed by atoms with Crippen molar-refractivity contribution in [3.63, 3.8) is 0 Å². The molecular weight excluding hydrogens is 303 g/mol. The minimum absolute atomic E-state index is 0.0965. The molecule has 0 aromatic heterocycles. The zero-order valence-electron chi connectivity index (χ0n) is 13.8. The van der Waals surface area contributed by atoms with Gasteiger partial charge < -0.3 is 9.64 Å². The lowest BCUT2D eigenvalue weighted by Crippen LogP contribution is -2.22. The quantitative estimate of drug-likeness (QED) is 0.645. The molecule has 1 fully saturated rings. The van der Waals surface area contributed by atoms with E-state index in [4.69, 9.17) is 4.74 Å². The highest BCUT2D eigenvalue weighted by Gasteiger charge is 2.62. The van der Waals surface area contributed by atoms with Gasteiger partial charge in [-0.3, -0.25) is 0 Å². The van der Waals surface area contributed by atoms with Crippen LogP contribution < -0.4 is 9.64 Å². The number of para-hydroxylation sites is 1. The van der Waals surface area contributed by atoms with Crippen molar-refractivity contribution in [2.24, 2.45) is 5.41 Å². The number of hydrogen-bond acceptors (Lipinski definition) is 2. The van der Waals surface area contributed by atoms with Crippen molar-refractivity contribution in [2.75, 3.05) is 25.1 Å². The highest BCUT2D eigenvalue weighted by atomic mass is 19.4. The maximum Gasteiger partial charge on any atom is 0.405 e. The van der Waals surface area contributed by atoms with Gasteiger partial charge in [0.15, 0.2) is 5.75 Å². The molecule has 3 rings (SSSR count). The molecule has 1 aromatic rings. The Hall–Kier alpha value is -1.83. The third-order valence-corrected chi connectivity index (χ3v) is 4.02. The Morgan fingerprint density at radius 1 is 1.22 bits per heavy atom. The third-order valence-electron chi connectivity index (χ3n) is 4.02. The molecule has 1 aliphatic carbocycles. The van der Waals surface area contributed by atoms with E-state index in [1.54, 1.807) is 12.1 Å². The van der Waals surface area contributed by atoms with Gasteiger partial charge in [-0.05, 0) is 31.4 Å². The van der Waals surface area contributed by atoms with Crippen molar-refractivity contribution in [3.05, 3.63) is 23.8 Å². The van der Waals surface area contributed by atoms with Gasteiger partial charge >= 0.3 is 6.18 Å². The first-order valence-corrected chi connectivity index (χ1v) is 8.00. The smallest absolute Gasteiger partial charge is 0.405 e. The Bertz CT molecular complexity index is 609. The summed E-state index contributed by atoms with van der Waals surface area (Å²) in [6.45, 7) is 5.41. The van der Waals surface area contributed by atoms with Crippen LogP contribution >= 0.6 is 0 Å². The number of hydrogen-bond donors (Lipinski definition) is 0. The van der Waals surface area contributed by atoms with Gasteiger partial charge in [0.1, 0.15) is 5.41 Å². The second-order valence-electron chi connectivity index (χ2n) is 5.61. The van der Waals surface area contributed by atoms with Crippen molar-refractivity contribution in [1.82, 2.24) is 0 Å². The van der Waals surface area contributed by atoms with Crippen LogP contribution in [0, 0.1) is 17.3 Å². The Balaban J connectivity index is 0.000000924. The van der Waals surface area contributed by atoms with E-state index >= 15 is 0 Å². The Labute approximate surface area is 135 Å². The largest absolute Gasteiger partial charge is 0.490 e. The van der Waals surface area contributed by atoms with Gasteiger partial charge in [0, 0.05) is 13.6 Å². The van der Waals surface area contributed by atoms with E-state index in [1.807, 2.05) is 31.9 Å². The van der Waals surface area contributed by atoms with Crippen molar-refractivity contribution in [1.29, 1.82) is 0 Å². The van der Waals surface area contributed by atoms with E-state index in [9.17, 15) is 13.2 Å². The second kappa shape index (κ2) is 6.74. The summed E-state index contributed by atoms with van der Waals surface area (Å²) in [5, 5.41) is 0. The molecule has 1 saturated carbocycles. The van der Waals surface area contributed by atoms with E-state index in [2.05, 4.69) is 11.8 Å². The van der Waals surface area contributed by atoms with Gasteiger partial charge in [0.25, 0.3) is 0 Å². The predicted molar refractivity (Wildman–Crippen MR) is 85.8 cm³/mol. The standard InChI is InChI=1S/C16H16F3NO.C2H6/c1-20-10-3-11-21-14-12(4-2-5-13(14)20)6-7-15(8-9-15)16(17,18)19;1-2/h2,4-5H,3,8-11H2,1H3;1-2H3. The summed E-state index contributed by atoms with van der Waals surface area (Å²) < 4.78 is 44.5. The molecular formula is C18H22F3NO. The maximum atomic E-state index is 12.9. The van der Waals surface area contributed by atoms with Crippen LogP contribution in [-0.4, -0.2) is 26.4 Å². The predicted octanol–water partition coefficient (Wildman–Crippen LogP) is 4.63.